The Morgan fingerprint density at radius 2 is 1.92 bits per heavy atom. The molecule has 2 rings (SSSR count). The van der Waals surface area contributed by atoms with Gasteiger partial charge in [0.05, 0.1) is 0 Å². The molecule has 1 heteroatoms. The molecule has 0 aromatic heterocycles. The van der Waals surface area contributed by atoms with Gasteiger partial charge in [-0.3, -0.25) is 0 Å². The molecule has 1 saturated carbocycles. The zero-order valence-electron chi connectivity index (χ0n) is 7.46. The highest BCUT2D eigenvalue weighted by Crippen LogP contribution is 2.36. The summed E-state index contributed by atoms with van der Waals surface area (Å²) in [6, 6.07) is 7.85. The molecule has 1 fully saturated rings. The maximum absolute atomic E-state index is 5.79. The monoisotopic (exact) mass is 191 g/mol. The summed E-state index contributed by atoms with van der Waals surface area (Å²) >= 11 is 5.79. The van der Waals surface area contributed by atoms with Crippen LogP contribution in [0.4, 0.5) is 0 Å². The molecule has 1 aromatic rings. The van der Waals surface area contributed by atoms with E-state index in [0.29, 0.717) is 0 Å². The molecule has 0 spiro atoms. The van der Waals surface area contributed by atoms with Crippen LogP contribution in [0.1, 0.15) is 18.4 Å². The second-order valence-corrected chi connectivity index (χ2v) is 3.97. The van der Waals surface area contributed by atoms with Crippen LogP contribution in [-0.2, 0) is 0 Å². The molecule has 1 radical (unpaired) electrons. The molecule has 0 nitrogen and oxygen atoms in total. The van der Waals surface area contributed by atoms with Crippen LogP contribution in [0.2, 0.25) is 5.02 Å². The van der Waals surface area contributed by atoms with Gasteiger partial charge in [0.15, 0.2) is 0 Å². The van der Waals surface area contributed by atoms with Gasteiger partial charge in [0.1, 0.15) is 0 Å². The van der Waals surface area contributed by atoms with E-state index in [1.807, 2.05) is 24.3 Å². The minimum atomic E-state index is 0.781. The van der Waals surface area contributed by atoms with Crippen LogP contribution >= 0.6 is 11.6 Å². The van der Waals surface area contributed by atoms with Crippen LogP contribution in [0, 0.1) is 12.3 Å². The number of benzene rings is 1. The Morgan fingerprint density at radius 1 is 1.31 bits per heavy atom. The molecule has 0 saturated heterocycles. The van der Waals surface area contributed by atoms with Crippen molar-refractivity contribution in [3.05, 3.63) is 47.9 Å². The van der Waals surface area contributed by atoms with Crippen molar-refractivity contribution in [1.29, 1.82) is 0 Å². The zero-order chi connectivity index (χ0) is 9.26. The van der Waals surface area contributed by atoms with Crippen LogP contribution in [0.3, 0.4) is 0 Å². The van der Waals surface area contributed by atoms with Crippen LogP contribution in [0.25, 0.3) is 5.57 Å². The minimum Gasteiger partial charge on any atom is -0.0949 e. The molecule has 1 aliphatic carbocycles. The highest BCUT2D eigenvalue weighted by atomic mass is 35.5. The second kappa shape index (κ2) is 3.55. The van der Waals surface area contributed by atoms with E-state index in [2.05, 4.69) is 13.0 Å². The summed E-state index contributed by atoms with van der Waals surface area (Å²) in [7, 11) is 0. The number of halogens is 1. The third-order valence-corrected chi connectivity index (χ3v) is 2.53. The molecule has 0 unspecified atom stereocenters. The summed E-state index contributed by atoms with van der Waals surface area (Å²) < 4.78 is 0. The topological polar surface area (TPSA) is 0 Å². The van der Waals surface area contributed by atoms with Gasteiger partial charge in [0.2, 0.25) is 0 Å². The minimum absolute atomic E-state index is 0.781. The fourth-order valence-corrected chi connectivity index (χ4v) is 1.43. The molecule has 0 bridgehead atoms. The Balaban J connectivity index is 2.05. The summed E-state index contributed by atoms with van der Waals surface area (Å²) in [5.74, 6) is 0.781. The number of hydrogen-bond acceptors (Lipinski definition) is 0. The van der Waals surface area contributed by atoms with Crippen molar-refractivity contribution in [2.75, 3.05) is 0 Å². The Hall–Kier alpha value is -0.750. The molecule has 0 aliphatic heterocycles. The number of allylic oxidation sites excluding steroid dienone is 1. The van der Waals surface area contributed by atoms with Crippen LogP contribution < -0.4 is 0 Å². The summed E-state index contributed by atoms with van der Waals surface area (Å²) in [5.41, 5.74) is 2.30. The zero-order valence-corrected chi connectivity index (χ0v) is 8.22. The molecular formula is C12H12Cl. The standard InChI is InChI=1S/C12H12Cl/c1-9(8-10-2-3-10)11-4-6-12(13)7-5-11/h4-8,10H,1-3H2. The van der Waals surface area contributed by atoms with E-state index in [0.717, 1.165) is 16.5 Å². The van der Waals surface area contributed by atoms with Gasteiger partial charge in [0.25, 0.3) is 0 Å². The van der Waals surface area contributed by atoms with Gasteiger partial charge in [-0.2, -0.15) is 0 Å². The predicted octanol–water partition coefficient (Wildman–Crippen LogP) is 3.97. The molecule has 13 heavy (non-hydrogen) atoms. The van der Waals surface area contributed by atoms with Crippen molar-refractivity contribution in [3.63, 3.8) is 0 Å². The summed E-state index contributed by atoms with van der Waals surface area (Å²) in [6.07, 6.45) is 4.91. The van der Waals surface area contributed by atoms with Crippen molar-refractivity contribution in [1.82, 2.24) is 0 Å². The maximum Gasteiger partial charge on any atom is 0.0406 e. The van der Waals surface area contributed by atoms with E-state index in [1.165, 1.54) is 18.4 Å². The lowest BCUT2D eigenvalue weighted by Crippen LogP contribution is -1.85. The SMILES string of the molecule is C=C([CH]C1CC1)c1ccc(Cl)cc1. The average molecular weight is 192 g/mol. The van der Waals surface area contributed by atoms with Crippen molar-refractivity contribution in [2.45, 2.75) is 12.8 Å². The smallest absolute Gasteiger partial charge is 0.0406 e. The van der Waals surface area contributed by atoms with Gasteiger partial charge in [-0.05, 0) is 48.4 Å². The number of rotatable bonds is 3. The van der Waals surface area contributed by atoms with Crippen molar-refractivity contribution in [3.8, 4) is 0 Å². The first-order chi connectivity index (χ1) is 6.25. The fourth-order valence-electron chi connectivity index (χ4n) is 1.31. The van der Waals surface area contributed by atoms with Gasteiger partial charge in [-0.1, -0.05) is 30.3 Å². The van der Waals surface area contributed by atoms with Gasteiger partial charge >= 0.3 is 0 Å². The quantitative estimate of drug-likeness (QED) is 0.679. The molecule has 0 N–H and O–H groups in total. The largest absolute Gasteiger partial charge is 0.0949 e. The molecule has 0 amide bonds. The normalized spacial score (nSPS) is 15.8. The predicted molar refractivity (Wildman–Crippen MR) is 57.5 cm³/mol. The Labute approximate surface area is 84.2 Å². The third-order valence-electron chi connectivity index (χ3n) is 2.27. The van der Waals surface area contributed by atoms with Gasteiger partial charge in [-0.15, -0.1) is 0 Å². The lowest BCUT2D eigenvalue weighted by Gasteiger charge is -2.03. The molecule has 0 atom stereocenters. The van der Waals surface area contributed by atoms with Crippen molar-refractivity contribution >= 4 is 17.2 Å². The van der Waals surface area contributed by atoms with E-state index in [1.54, 1.807) is 0 Å². The van der Waals surface area contributed by atoms with Gasteiger partial charge in [-0.25, -0.2) is 0 Å². The average Bonchev–Trinajstić information content (AvgIpc) is 2.89. The Morgan fingerprint density at radius 3 is 2.46 bits per heavy atom. The van der Waals surface area contributed by atoms with Crippen LogP contribution in [0.15, 0.2) is 30.8 Å². The molecular weight excluding hydrogens is 180 g/mol. The van der Waals surface area contributed by atoms with Gasteiger partial charge < -0.3 is 0 Å². The fraction of sp³-hybridized carbons (Fsp3) is 0.250. The lowest BCUT2D eigenvalue weighted by atomic mass is 10.0. The van der Waals surface area contributed by atoms with E-state index in [-0.39, 0.29) is 0 Å². The van der Waals surface area contributed by atoms with Crippen molar-refractivity contribution < 1.29 is 0 Å². The van der Waals surface area contributed by atoms with E-state index in [4.69, 9.17) is 11.6 Å². The molecule has 67 valence electrons. The summed E-state index contributed by atoms with van der Waals surface area (Å²) in [6.45, 7) is 4.04. The van der Waals surface area contributed by atoms with Crippen LogP contribution in [-0.4, -0.2) is 0 Å². The van der Waals surface area contributed by atoms with Crippen LogP contribution in [0.5, 0.6) is 0 Å². The first-order valence-corrected chi connectivity index (χ1v) is 4.93. The Kier molecular flexibility index (Phi) is 2.41. The van der Waals surface area contributed by atoms with Gasteiger partial charge in [0, 0.05) is 5.02 Å². The Bertz CT molecular complexity index is 306. The van der Waals surface area contributed by atoms with E-state index < -0.39 is 0 Å². The highest BCUT2D eigenvalue weighted by molar-refractivity contribution is 6.30. The second-order valence-electron chi connectivity index (χ2n) is 3.54. The first kappa shape index (κ1) is 8.83. The molecule has 1 aromatic carbocycles. The summed E-state index contributed by atoms with van der Waals surface area (Å²) in [5, 5.41) is 0.781. The lowest BCUT2D eigenvalue weighted by molar-refractivity contribution is 1.06. The summed E-state index contributed by atoms with van der Waals surface area (Å²) in [4.78, 5) is 0. The number of hydrogen-bond donors (Lipinski definition) is 0. The molecule has 0 heterocycles. The first-order valence-electron chi connectivity index (χ1n) is 4.55. The molecule has 1 aliphatic rings. The van der Waals surface area contributed by atoms with Crippen molar-refractivity contribution in [2.24, 2.45) is 5.92 Å². The van der Waals surface area contributed by atoms with E-state index in [9.17, 15) is 0 Å². The highest BCUT2D eigenvalue weighted by Gasteiger charge is 2.22. The third kappa shape index (κ3) is 2.35. The maximum atomic E-state index is 5.79. The van der Waals surface area contributed by atoms with E-state index >= 15 is 0 Å².